The number of alkyl halides is 6. The number of hydrogen-bond acceptors (Lipinski definition) is 4. The van der Waals surface area contributed by atoms with Crippen LogP contribution in [0.3, 0.4) is 0 Å². The van der Waals surface area contributed by atoms with Crippen LogP contribution in [0.5, 0.6) is 0 Å². The molecular formula is C16H10ClF5N2O2. The van der Waals surface area contributed by atoms with Crippen LogP contribution in [0.1, 0.15) is 17.7 Å². The zero-order valence-corrected chi connectivity index (χ0v) is 13.5. The number of pyridine rings is 1. The average molecular weight is 393 g/mol. The molecule has 0 amide bonds. The van der Waals surface area contributed by atoms with Crippen molar-refractivity contribution in [2.75, 3.05) is 0 Å². The van der Waals surface area contributed by atoms with Gasteiger partial charge in [0.05, 0.1) is 12.1 Å². The highest BCUT2D eigenvalue weighted by Crippen LogP contribution is 2.39. The molecule has 1 aliphatic heterocycles. The summed E-state index contributed by atoms with van der Waals surface area (Å²) in [6.07, 6.45) is -4.67. The molecule has 3 rings (SSSR count). The van der Waals surface area contributed by atoms with Gasteiger partial charge in [-0.3, -0.25) is 4.98 Å². The molecule has 0 spiro atoms. The zero-order valence-electron chi connectivity index (χ0n) is 12.8. The molecule has 2 heterocycles. The number of rotatable bonds is 3. The Morgan fingerprint density at radius 1 is 1.00 bits per heavy atom. The summed E-state index contributed by atoms with van der Waals surface area (Å²) in [6.45, 7) is 0. The number of aliphatic hydroxyl groups is 1. The molecule has 0 fully saturated rings. The largest absolute Gasteiger partial charge is 0.458 e. The third-order valence-electron chi connectivity index (χ3n) is 3.76. The lowest BCUT2D eigenvalue weighted by Crippen LogP contribution is -2.45. The monoisotopic (exact) mass is 392 g/mol. The summed E-state index contributed by atoms with van der Waals surface area (Å²) in [5.41, 5.74) is 0.511. The lowest BCUT2D eigenvalue weighted by atomic mass is 9.99. The molecular weight excluding hydrogens is 383 g/mol. The molecule has 2 aromatic rings. The van der Waals surface area contributed by atoms with Crippen molar-refractivity contribution >= 4 is 17.3 Å². The van der Waals surface area contributed by atoms with Crippen LogP contribution in [0.2, 0.25) is 0 Å². The molecule has 0 aliphatic carbocycles. The first-order valence-corrected chi connectivity index (χ1v) is 7.56. The second-order valence-electron chi connectivity index (χ2n) is 5.59. The quantitative estimate of drug-likeness (QED) is 0.621. The number of halogens is 6. The van der Waals surface area contributed by atoms with Crippen molar-refractivity contribution in [3.05, 3.63) is 53.9 Å². The molecule has 1 aromatic carbocycles. The van der Waals surface area contributed by atoms with Crippen molar-refractivity contribution in [2.24, 2.45) is 5.16 Å². The Morgan fingerprint density at radius 2 is 1.62 bits per heavy atom. The molecule has 1 unspecified atom stereocenters. The van der Waals surface area contributed by atoms with Crippen LogP contribution >= 0.6 is 11.6 Å². The maximum atomic E-state index is 13.1. The standard InChI is InChI=1S/C16H10ClF5N2O2/c17-15(18,19)13-7-11(5-6-23-13)9-1-3-10(4-2-9)12-8-14(25,26-24-12)16(20,21)22/h1-7,25H,8H2. The molecule has 138 valence electrons. The molecule has 1 aromatic heterocycles. The maximum absolute atomic E-state index is 13.1. The molecule has 1 N–H and O–H groups in total. The summed E-state index contributed by atoms with van der Waals surface area (Å²) in [7, 11) is 0. The molecule has 4 nitrogen and oxygen atoms in total. The van der Waals surface area contributed by atoms with Crippen LogP contribution in [0.4, 0.5) is 22.0 Å². The third-order valence-corrected chi connectivity index (χ3v) is 3.95. The van der Waals surface area contributed by atoms with Gasteiger partial charge in [-0.15, -0.1) is 0 Å². The highest BCUT2D eigenvalue weighted by molar-refractivity contribution is 6.21. The number of benzene rings is 1. The van der Waals surface area contributed by atoms with Crippen molar-refractivity contribution in [2.45, 2.75) is 23.8 Å². The van der Waals surface area contributed by atoms with Crippen molar-refractivity contribution in [1.82, 2.24) is 4.98 Å². The van der Waals surface area contributed by atoms with Gasteiger partial charge in [0.25, 0.3) is 0 Å². The van der Waals surface area contributed by atoms with E-state index in [1.165, 1.54) is 36.5 Å². The second kappa shape index (κ2) is 6.17. The van der Waals surface area contributed by atoms with E-state index >= 15 is 0 Å². The van der Waals surface area contributed by atoms with Crippen molar-refractivity contribution < 1.29 is 31.9 Å². The van der Waals surface area contributed by atoms with Gasteiger partial charge in [0, 0.05) is 6.20 Å². The van der Waals surface area contributed by atoms with E-state index in [2.05, 4.69) is 15.0 Å². The molecule has 0 saturated carbocycles. The van der Waals surface area contributed by atoms with Crippen molar-refractivity contribution in [3.8, 4) is 11.1 Å². The number of nitrogens with zero attached hydrogens (tertiary/aromatic N) is 2. The maximum Gasteiger partial charge on any atom is 0.458 e. The van der Waals surface area contributed by atoms with Crippen LogP contribution < -0.4 is 0 Å². The lowest BCUT2D eigenvalue weighted by Gasteiger charge is -2.22. The minimum Gasteiger partial charge on any atom is -0.350 e. The van der Waals surface area contributed by atoms with Crippen molar-refractivity contribution in [3.63, 3.8) is 0 Å². The Bertz CT molecular complexity index is 849. The van der Waals surface area contributed by atoms with Crippen molar-refractivity contribution in [1.29, 1.82) is 0 Å². The van der Waals surface area contributed by atoms with Crippen LogP contribution in [-0.2, 0) is 10.2 Å². The highest BCUT2D eigenvalue weighted by Gasteiger charge is 2.60. The molecule has 0 radical (unpaired) electrons. The van der Waals surface area contributed by atoms with E-state index in [9.17, 15) is 27.1 Å². The first kappa shape index (κ1) is 18.5. The van der Waals surface area contributed by atoms with Gasteiger partial charge in [-0.2, -0.15) is 22.0 Å². The number of aromatic nitrogens is 1. The Hall–Kier alpha value is -2.26. The van der Waals surface area contributed by atoms with E-state index in [4.69, 9.17) is 11.6 Å². The minimum absolute atomic E-state index is 0.0842. The Labute approximate surface area is 148 Å². The van der Waals surface area contributed by atoms with E-state index in [1.807, 2.05) is 0 Å². The van der Waals surface area contributed by atoms with Crippen LogP contribution in [0.25, 0.3) is 11.1 Å². The molecule has 10 heteroatoms. The van der Waals surface area contributed by atoms with E-state index in [0.29, 0.717) is 16.7 Å². The van der Waals surface area contributed by atoms with Crippen LogP contribution in [-0.4, -0.2) is 27.8 Å². The smallest absolute Gasteiger partial charge is 0.350 e. The minimum atomic E-state index is -4.99. The molecule has 0 bridgehead atoms. The summed E-state index contributed by atoms with van der Waals surface area (Å²) < 4.78 is 64.5. The van der Waals surface area contributed by atoms with Gasteiger partial charge in [-0.05, 0) is 40.4 Å². The van der Waals surface area contributed by atoms with E-state index in [-0.39, 0.29) is 5.71 Å². The topological polar surface area (TPSA) is 54.7 Å². The van der Waals surface area contributed by atoms with Crippen LogP contribution in [0.15, 0.2) is 47.8 Å². The van der Waals surface area contributed by atoms with Gasteiger partial charge in [0.15, 0.2) is 0 Å². The lowest BCUT2D eigenvalue weighted by molar-refractivity contribution is -0.355. The highest BCUT2D eigenvalue weighted by atomic mass is 35.5. The normalized spacial score (nSPS) is 20.7. The fourth-order valence-corrected chi connectivity index (χ4v) is 2.45. The fraction of sp³-hybridized carbons (Fsp3) is 0.250. The van der Waals surface area contributed by atoms with Crippen LogP contribution in [0, 0.1) is 0 Å². The second-order valence-corrected chi connectivity index (χ2v) is 6.07. The summed E-state index contributed by atoms with van der Waals surface area (Å²) in [4.78, 5) is 7.66. The summed E-state index contributed by atoms with van der Waals surface area (Å²) in [5, 5.41) is 9.12. The van der Waals surface area contributed by atoms with Gasteiger partial charge in [0.2, 0.25) is 0 Å². The van der Waals surface area contributed by atoms with E-state index in [1.54, 1.807) is 0 Å². The van der Waals surface area contributed by atoms with Gasteiger partial charge < -0.3 is 9.94 Å². The Kier molecular flexibility index (Phi) is 4.40. The average Bonchev–Trinajstić information content (AvgIpc) is 2.98. The molecule has 0 saturated heterocycles. The zero-order chi connectivity index (χ0) is 19.2. The predicted octanol–water partition coefficient (Wildman–Crippen LogP) is 4.41. The Balaban J connectivity index is 1.83. The summed E-state index contributed by atoms with van der Waals surface area (Å²) >= 11 is 4.95. The third kappa shape index (κ3) is 3.49. The first-order valence-electron chi connectivity index (χ1n) is 7.18. The van der Waals surface area contributed by atoms with Gasteiger partial charge in [-0.1, -0.05) is 29.4 Å². The SMILES string of the molecule is OC1(C(F)(F)F)CC(c2ccc(-c3ccnc(C(F)(F)Cl)c3)cc2)=NO1. The van der Waals surface area contributed by atoms with Gasteiger partial charge in [0.1, 0.15) is 5.69 Å². The summed E-state index contributed by atoms with van der Waals surface area (Å²) in [5.74, 6) is -3.35. The van der Waals surface area contributed by atoms with E-state index < -0.39 is 29.5 Å². The number of oxime groups is 1. The molecule has 1 atom stereocenters. The van der Waals surface area contributed by atoms with Gasteiger partial charge in [-0.25, -0.2) is 0 Å². The predicted molar refractivity (Wildman–Crippen MR) is 82.7 cm³/mol. The number of hydrogen-bond donors (Lipinski definition) is 1. The summed E-state index contributed by atoms with van der Waals surface area (Å²) in [6, 6.07) is 8.50. The van der Waals surface area contributed by atoms with Gasteiger partial charge >= 0.3 is 17.3 Å². The molecule has 1 aliphatic rings. The first-order chi connectivity index (χ1) is 12.0. The van der Waals surface area contributed by atoms with E-state index in [0.717, 1.165) is 6.07 Å². The fourth-order valence-electron chi connectivity index (χ4n) is 2.35. The molecule has 26 heavy (non-hydrogen) atoms. The Morgan fingerprint density at radius 3 is 2.15 bits per heavy atom.